The number of aryl methyl sites for hydroxylation is 1. The summed E-state index contributed by atoms with van der Waals surface area (Å²) in [6.45, 7) is 4.89. The van der Waals surface area contributed by atoms with Crippen molar-refractivity contribution < 1.29 is 4.79 Å². The molecule has 1 atom stereocenters. The Morgan fingerprint density at radius 3 is 3.00 bits per heavy atom. The number of nitrogens with one attached hydrogen (secondary N) is 2. The van der Waals surface area contributed by atoms with Crippen LogP contribution in [-0.4, -0.2) is 25.5 Å². The summed E-state index contributed by atoms with van der Waals surface area (Å²) in [5.41, 5.74) is 1.94. The van der Waals surface area contributed by atoms with Gasteiger partial charge in [-0.15, -0.1) is 12.4 Å². The summed E-state index contributed by atoms with van der Waals surface area (Å²) in [5.74, 6) is 0.631. The van der Waals surface area contributed by atoms with Crippen LogP contribution in [-0.2, 0) is 0 Å². The maximum absolute atomic E-state index is 12.0. The molecule has 1 aromatic carbocycles. The first-order valence-corrected chi connectivity index (χ1v) is 7.00. The van der Waals surface area contributed by atoms with Crippen LogP contribution in [0.4, 0.5) is 0 Å². The summed E-state index contributed by atoms with van der Waals surface area (Å²) in [5, 5.41) is 6.33. The van der Waals surface area contributed by atoms with Crippen LogP contribution in [0.25, 0.3) is 0 Å². The minimum absolute atomic E-state index is 0. The Morgan fingerprint density at radius 2 is 2.33 bits per heavy atom. The smallest absolute Gasteiger partial charge is 0.252 e. The van der Waals surface area contributed by atoms with Gasteiger partial charge in [-0.05, 0) is 66.6 Å². The number of carbonyl (C=O) groups is 1. The molecule has 3 nitrogen and oxygen atoms in total. The average Bonchev–Trinajstić information content (AvgIpc) is 2.82. The second kappa shape index (κ2) is 7.31. The van der Waals surface area contributed by atoms with E-state index < -0.39 is 0 Å². The molecule has 1 saturated heterocycles. The fraction of sp³-hybridized carbons (Fsp3) is 0.462. The SMILES string of the molecule is Cc1cccc(C(=O)NCC2CCNC2)c1I.Cl. The van der Waals surface area contributed by atoms with Gasteiger partial charge in [0.25, 0.3) is 5.91 Å². The number of amides is 1. The Hall–Kier alpha value is -0.330. The third-order valence-electron chi connectivity index (χ3n) is 3.15. The zero-order valence-corrected chi connectivity index (χ0v) is 13.3. The van der Waals surface area contributed by atoms with E-state index in [2.05, 4.69) is 33.2 Å². The number of benzene rings is 1. The van der Waals surface area contributed by atoms with Crippen LogP contribution in [0.15, 0.2) is 18.2 Å². The zero-order valence-electron chi connectivity index (χ0n) is 10.3. The molecule has 18 heavy (non-hydrogen) atoms. The van der Waals surface area contributed by atoms with Gasteiger partial charge < -0.3 is 10.6 Å². The van der Waals surface area contributed by atoms with Gasteiger partial charge in [0.1, 0.15) is 0 Å². The molecule has 1 fully saturated rings. The Balaban J connectivity index is 0.00000162. The van der Waals surface area contributed by atoms with Crippen LogP contribution in [0.1, 0.15) is 22.3 Å². The van der Waals surface area contributed by atoms with Crippen molar-refractivity contribution in [3.63, 3.8) is 0 Å². The third kappa shape index (κ3) is 3.83. The Bertz CT molecular complexity index is 419. The molecule has 0 saturated carbocycles. The zero-order chi connectivity index (χ0) is 12.3. The highest BCUT2D eigenvalue weighted by molar-refractivity contribution is 14.1. The van der Waals surface area contributed by atoms with Crippen molar-refractivity contribution in [2.75, 3.05) is 19.6 Å². The molecular formula is C13H18ClIN2O. The summed E-state index contributed by atoms with van der Waals surface area (Å²) in [7, 11) is 0. The fourth-order valence-corrected chi connectivity index (χ4v) is 2.65. The van der Waals surface area contributed by atoms with Gasteiger partial charge in [-0.3, -0.25) is 4.79 Å². The first-order chi connectivity index (χ1) is 8.18. The predicted molar refractivity (Wildman–Crippen MR) is 84.5 cm³/mol. The standard InChI is InChI=1S/C13H17IN2O.ClH/c1-9-3-2-4-11(12(9)14)13(17)16-8-10-5-6-15-7-10;/h2-4,10,15H,5-8H2,1H3,(H,16,17);1H. The summed E-state index contributed by atoms with van der Waals surface area (Å²) < 4.78 is 1.05. The van der Waals surface area contributed by atoms with Gasteiger partial charge in [0, 0.05) is 10.1 Å². The van der Waals surface area contributed by atoms with Crippen molar-refractivity contribution in [2.24, 2.45) is 5.92 Å². The predicted octanol–water partition coefficient (Wildman–Crippen LogP) is 2.36. The number of rotatable bonds is 3. The van der Waals surface area contributed by atoms with E-state index in [0.717, 1.165) is 40.8 Å². The van der Waals surface area contributed by atoms with E-state index in [4.69, 9.17) is 0 Å². The van der Waals surface area contributed by atoms with E-state index in [9.17, 15) is 4.79 Å². The minimum atomic E-state index is 0. The van der Waals surface area contributed by atoms with E-state index >= 15 is 0 Å². The van der Waals surface area contributed by atoms with Crippen molar-refractivity contribution in [2.45, 2.75) is 13.3 Å². The van der Waals surface area contributed by atoms with Crippen LogP contribution in [0, 0.1) is 16.4 Å². The molecule has 100 valence electrons. The first-order valence-electron chi connectivity index (χ1n) is 5.92. The second-order valence-electron chi connectivity index (χ2n) is 4.51. The molecule has 1 heterocycles. The number of hydrogen-bond donors (Lipinski definition) is 2. The van der Waals surface area contributed by atoms with Gasteiger partial charge in [0.2, 0.25) is 0 Å². The number of hydrogen-bond acceptors (Lipinski definition) is 2. The van der Waals surface area contributed by atoms with Crippen molar-refractivity contribution >= 4 is 40.9 Å². The van der Waals surface area contributed by atoms with Crippen LogP contribution >= 0.6 is 35.0 Å². The molecule has 1 aliphatic heterocycles. The van der Waals surface area contributed by atoms with Crippen LogP contribution < -0.4 is 10.6 Å². The second-order valence-corrected chi connectivity index (χ2v) is 5.58. The number of carbonyl (C=O) groups excluding carboxylic acids is 1. The Morgan fingerprint density at radius 1 is 1.56 bits per heavy atom. The van der Waals surface area contributed by atoms with Gasteiger partial charge in [-0.1, -0.05) is 12.1 Å². The molecule has 2 N–H and O–H groups in total. The van der Waals surface area contributed by atoms with E-state index in [1.54, 1.807) is 0 Å². The van der Waals surface area contributed by atoms with Crippen molar-refractivity contribution in [1.29, 1.82) is 0 Å². The van der Waals surface area contributed by atoms with E-state index in [-0.39, 0.29) is 18.3 Å². The highest BCUT2D eigenvalue weighted by Crippen LogP contribution is 2.16. The maximum Gasteiger partial charge on any atom is 0.252 e. The molecule has 0 spiro atoms. The number of halogens is 2. The lowest BCUT2D eigenvalue weighted by Crippen LogP contribution is -2.30. The molecule has 1 amide bonds. The van der Waals surface area contributed by atoms with Crippen LogP contribution in [0.2, 0.25) is 0 Å². The molecule has 1 aliphatic rings. The summed E-state index contributed by atoms with van der Waals surface area (Å²) in [4.78, 5) is 12.0. The molecule has 0 radical (unpaired) electrons. The highest BCUT2D eigenvalue weighted by Gasteiger charge is 2.16. The maximum atomic E-state index is 12.0. The van der Waals surface area contributed by atoms with E-state index in [0.29, 0.717) is 5.92 Å². The molecule has 5 heteroatoms. The monoisotopic (exact) mass is 380 g/mol. The van der Waals surface area contributed by atoms with Gasteiger partial charge in [0.05, 0.1) is 5.56 Å². The van der Waals surface area contributed by atoms with Gasteiger partial charge in [-0.2, -0.15) is 0 Å². The van der Waals surface area contributed by atoms with Crippen LogP contribution in [0.5, 0.6) is 0 Å². The normalized spacial score (nSPS) is 18.2. The fourth-order valence-electron chi connectivity index (χ4n) is 2.04. The molecule has 0 aliphatic carbocycles. The van der Waals surface area contributed by atoms with E-state index in [1.165, 1.54) is 0 Å². The summed E-state index contributed by atoms with van der Waals surface area (Å²) in [6, 6.07) is 5.85. The highest BCUT2D eigenvalue weighted by atomic mass is 127. The topological polar surface area (TPSA) is 41.1 Å². The molecule has 1 aromatic rings. The van der Waals surface area contributed by atoms with Crippen molar-refractivity contribution in [1.82, 2.24) is 10.6 Å². The Labute approximate surface area is 128 Å². The minimum Gasteiger partial charge on any atom is -0.352 e. The average molecular weight is 381 g/mol. The molecule has 0 aromatic heterocycles. The first kappa shape index (κ1) is 15.7. The molecule has 1 unspecified atom stereocenters. The quantitative estimate of drug-likeness (QED) is 0.791. The lowest BCUT2D eigenvalue weighted by Gasteiger charge is -2.11. The van der Waals surface area contributed by atoms with E-state index in [1.807, 2.05) is 25.1 Å². The summed E-state index contributed by atoms with van der Waals surface area (Å²) >= 11 is 2.23. The van der Waals surface area contributed by atoms with Gasteiger partial charge >= 0.3 is 0 Å². The van der Waals surface area contributed by atoms with Gasteiger partial charge in [-0.25, -0.2) is 0 Å². The van der Waals surface area contributed by atoms with Gasteiger partial charge in [0.15, 0.2) is 0 Å². The molecular weight excluding hydrogens is 363 g/mol. The largest absolute Gasteiger partial charge is 0.352 e. The van der Waals surface area contributed by atoms with Crippen molar-refractivity contribution in [3.05, 3.63) is 32.9 Å². The van der Waals surface area contributed by atoms with Crippen LogP contribution in [0.3, 0.4) is 0 Å². The molecule has 0 bridgehead atoms. The lowest BCUT2D eigenvalue weighted by atomic mass is 10.1. The molecule has 2 rings (SSSR count). The summed E-state index contributed by atoms with van der Waals surface area (Å²) in [6.07, 6.45) is 1.16. The lowest BCUT2D eigenvalue weighted by molar-refractivity contribution is 0.0947. The third-order valence-corrected chi connectivity index (χ3v) is 4.58. The van der Waals surface area contributed by atoms with Crippen molar-refractivity contribution in [3.8, 4) is 0 Å². The Kier molecular flexibility index (Phi) is 6.38.